The second kappa shape index (κ2) is 15.5. The fourth-order valence-corrected chi connectivity index (χ4v) is 8.58. The van der Waals surface area contributed by atoms with Gasteiger partial charge in [-0.25, -0.2) is 15.0 Å². The fourth-order valence-electron chi connectivity index (χ4n) is 8.58. The number of aromatic nitrogens is 3. The Morgan fingerprint density at radius 3 is 1.57 bits per heavy atom. The molecule has 0 saturated carbocycles. The predicted molar refractivity (Wildman–Crippen MR) is 254 cm³/mol. The Balaban J connectivity index is 1.17. The summed E-state index contributed by atoms with van der Waals surface area (Å²) in [7, 11) is 0. The van der Waals surface area contributed by atoms with E-state index in [0.717, 1.165) is 78.3 Å². The van der Waals surface area contributed by atoms with Crippen LogP contribution in [0.25, 0.3) is 88.7 Å². The minimum absolute atomic E-state index is 0.664. The highest BCUT2D eigenvalue weighted by Crippen LogP contribution is 2.45. The van der Waals surface area contributed by atoms with Gasteiger partial charge in [-0.2, -0.15) is 0 Å². The van der Waals surface area contributed by atoms with Crippen LogP contribution >= 0.6 is 0 Å². The zero-order chi connectivity index (χ0) is 40.5. The lowest BCUT2D eigenvalue weighted by Gasteiger charge is -2.27. The van der Waals surface area contributed by atoms with Crippen LogP contribution in [0.15, 0.2) is 231 Å². The predicted octanol–water partition coefficient (Wildman–Crippen LogP) is 15.1. The Kier molecular flexibility index (Phi) is 9.14. The van der Waals surface area contributed by atoms with Gasteiger partial charge >= 0.3 is 0 Å². The number of benzene rings is 9. The Labute approximate surface area is 354 Å². The van der Waals surface area contributed by atoms with Crippen molar-refractivity contribution in [3.8, 4) is 56.3 Å². The van der Waals surface area contributed by atoms with Crippen molar-refractivity contribution in [3.63, 3.8) is 0 Å². The lowest BCUT2D eigenvalue weighted by molar-refractivity contribution is 1.18. The molecule has 4 heteroatoms. The van der Waals surface area contributed by atoms with Crippen LogP contribution in [0.5, 0.6) is 0 Å². The summed E-state index contributed by atoms with van der Waals surface area (Å²) in [4.78, 5) is 18.6. The lowest BCUT2D eigenvalue weighted by atomic mass is 9.92. The van der Waals surface area contributed by atoms with Crippen molar-refractivity contribution >= 4 is 49.5 Å². The van der Waals surface area contributed by atoms with Crippen molar-refractivity contribution < 1.29 is 0 Å². The van der Waals surface area contributed by atoms with Gasteiger partial charge in [0.15, 0.2) is 5.82 Å². The van der Waals surface area contributed by atoms with Crippen LogP contribution in [0.2, 0.25) is 0 Å². The second-order valence-electron chi connectivity index (χ2n) is 15.2. The summed E-state index contributed by atoms with van der Waals surface area (Å²) in [5.41, 5.74) is 12.9. The quantitative estimate of drug-likeness (QED) is 0.144. The van der Waals surface area contributed by atoms with Crippen molar-refractivity contribution in [2.75, 3.05) is 4.90 Å². The molecule has 0 radical (unpaired) electrons. The number of rotatable bonds is 8. The van der Waals surface area contributed by atoms with Crippen molar-refractivity contribution in [1.82, 2.24) is 15.0 Å². The zero-order valence-corrected chi connectivity index (χ0v) is 33.2. The average Bonchev–Trinajstić information content (AvgIpc) is 3.35. The van der Waals surface area contributed by atoms with E-state index in [2.05, 4.69) is 223 Å². The van der Waals surface area contributed by atoms with Crippen LogP contribution in [0.1, 0.15) is 0 Å². The van der Waals surface area contributed by atoms with Crippen LogP contribution in [0.3, 0.4) is 0 Å². The molecule has 0 saturated heterocycles. The van der Waals surface area contributed by atoms with Crippen LogP contribution in [0.4, 0.5) is 17.1 Å². The van der Waals surface area contributed by atoms with Gasteiger partial charge in [0.1, 0.15) is 0 Å². The summed E-state index contributed by atoms with van der Waals surface area (Å²) in [6, 6.07) is 80.8. The molecule has 286 valence electrons. The molecule has 0 atom stereocenters. The van der Waals surface area contributed by atoms with Crippen LogP contribution < -0.4 is 4.90 Å². The Morgan fingerprint density at radius 2 is 0.869 bits per heavy atom. The molecule has 0 bridgehead atoms. The van der Waals surface area contributed by atoms with Gasteiger partial charge in [0, 0.05) is 49.8 Å². The minimum atomic E-state index is 0.664. The molecule has 11 rings (SSSR count). The minimum Gasteiger partial charge on any atom is -0.308 e. The molecule has 11 aromatic rings. The molecule has 0 N–H and O–H groups in total. The molecule has 0 aliphatic heterocycles. The monoisotopic (exact) mass is 778 g/mol. The van der Waals surface area contributed by atoms with Crippen LogP contribution in [-0.4, -0.2) is 15.0 Å². The van der Waals surface area contributed by atoms with Crippen molar-refractivity contribution in [2.45, 2.75) is 0 Å². The summed E-state index contributed by atoms with van der Waals surface area (Å²) in [5.74, 6) is 0.664. The first kappa shape index (κ1) is 35.9. The van der Waals surface area contributed by atoms with E-state index in [1.54, 1.807) is 0 Å². The third-order valence-electron chi connectivity index (χ3n) is 11.5. The van der Waals surface area contributed by atoms with E-state index in [0.29, 0.717) is 5.82 Å². The summed E-state index contributed by atoms with van der Waals surface area (Å²) in [5, 5.41) is 5.71. The third kappa shape index (κ3) is 6.67. The van der Waals surface area contributed by atoms with E-state index >= 15 is 0 Å². The van der Waals surface area contributed by atoms with Crippen LogP contribution in [-0.2, 0) is 0 Å². The van der Waals surface area contributed by atoms with Gasteiger partial charge in [0.25, 0.3) is 0 Å². The first-order valence-electron chi connectivity index (χ1n) is 20.6. The maximum absolute atomic E-state index is 5.75. The summed E-state index contributed by atoms with van der Waals surface area (Å²) in [6.45, 7) is 0. The topological polar surface area (TPSA) is 41.9 Å². The lowest BCUT2D eigenvalue weighted by Crippen LogP contribution is -2.11. The molecule has 61 heavy (non-hydrogen) atoms. The normalized spacial score (nSPS) is 11.3. The van der Waals surface area contributed by atoms with Gasteiger partial charge in [0.05, 0.1) is 28.3 Å². The SMILES string of the molecule is c1ccc(-c2ccc(-c3nc(-c4ccccc4)cc(-c4ccccc4-c4nc5c(N(c6ccccc6)c6ccccc6)cccc5c5c4ccc4ccccc45)n3)cc2)cc1. The highest BCUT2D eigenvalue weighted by atomic mass is 15.1. The highest BCUT2D eigenvalue weighted by molar-refractivity contribution is 6.24. The molecule has 0 unspecified atom stereocenters. The summed E-state index contributed by atoms with van der Waals surface area (Å²) < 4.78 is 0. The number of anilines is 3. The molecule has 0 spiro atoms. The van der Waals surface area contributed by atoms with E-state index in [9.17, 15) is 0 Å². The maximum atomic E-state index is 5.75. The Hall–Kier alpha value is -8.21. The number of hydrogen-bond acceptors (Lipinski definition) is 4. The van der Waals surface area contributed by atoms with Crippen LogP contribution in [0, 0.1) is 0 Å². The van der Waals surface area contributed by atoms with Crippen molar-refractivity contribution in [1.29, 1.82) is 0 Å². The smallest absolute Gasteiger partial charge is 0.160 e. The van der Waals surface area contributed by atoms with Gasteiger partial charge in [-0.05, 0) is 58.3 Å². The number of pyridine rings is 1. The van der Waals surface area contributed by atoms with Gasteiger partial charge in [-0.15, -0.1) is 0 Å². The maximum Gasteiger partial charge on any atom is 0.160 e. The summed E-state index contributed by atoms with van der Waals surface area (Å²) >= 11 is 0. The first-order chi connectivity index (χ1) is 30.3. The molecule has 0 fully saturated rings. The number of fused-ring (bicyclic) bond motifs is 5. The van der Waals surface area contributed by atoms with Gasteiger partial charge < -0.3 is 4.90 Å². The van der Waals surface area contributed by atoms with E-state index in [1.807, 2.05) is 12.1 Å². The van der Waals surface area contributed by atoms with Crippen molar-refractivity contribution in [3.05, 3.63) is 231 Å². The Morgan fingerprint density at radius 1 is 0.328 bits per heavy atom. The number of hydrogen-bond donors (Lipinski definition) is 0. The molecule has 2 aromatic heterocycles. The van der Waals surface area contributed by atoms with E-state index in [-0.39, 0.29) is 0 Å². The van der Waals surface area contributed by atoms with Crippen molar-refractivity contribution in [2.24, 2.45) is 0 Å². The number of nitrogens with zero attached hydrogens (tertiary/aromatic N) is 4. The standard InChI is InChI=1S/C57H38N4/c1-5-18-39(19-6-1)40-32-34-43(35-33-40)57-58-51(42-21-7-2-8-22-42)38-52(59-57)47-28-15-16-29-48(47)55-50-37-36-41-20-13-14-27-46(41)54(50)49-30-17-31-53(56(49)60-55)61(44-23-9-3-10-24-44)45-25-11-4-12-26-45/h1-38H. The average molecular weight is 779 g/mol. The zero-order valence-electron chi connectivity index (χ0n) is 33.2. The molecule has 0 aliphatic carbocycles. The fraction of sp³-hybridized carbons (Fsp3) is 0. The number of para-hydroxylation sites is 3. The largest absolute Gasteiger partial charge is 0.308 e. The van der Waals surface area contributed by atoms with Gasteiger partial charge in [-0.1, -0.05) is 194 Å². The molecule has 0 amide bonds. The molecular weight excluding hydrogens is 741 g/mol. The van der Waals surface area contributed by atoms with E-state index in [4.69, 9.17) is 15.0 Å². The van der Waals surface area contributed by atoms with E-state index in [1.165, 1.54) is 21.7 Å². The molecule has 2 heterocycles. The Bertz CT molecular complexity index is 3290. The molecule has 4 nitrogen and oxygen atoms in total. The molecule has 9 aromatic carbocycles. The summed E-state index contributed by atoms with van der Waals surface area (Å²) in [6.07, 6.45) is 0. The van der Waals surface area contributed by atoms with E-state index < -0.39 is 0 Å². The van der Waals surface area contributed by atoms with Gasteiger partial charge in [0.2, 0.25) is 0 Å². The first-order valence-corrected chi connectivity index (χ1v) is 20.6. The molecular formula is C57H38N4. The third-order valence-corrected chi connectivity index (χ3v) is 11.5. The highest BCUT2D eigenvalue weighted by Gasteiger charge is 2.22. The van der Waals surface area contributed by atoms with Gasteiger partial charge in [-0.3, -0.25) is 0 Å². The molecule has 0 aliphatic rings. The second-order valence-corrected chi connectivity index (χ2v) is 15.2.